The third-order valence-electron chi connectivity index (χ3n) is 4.81. The summed E-state index contributed by atoms with van der Waals surface area (Å²) in [5, 5.41) is 0. The number of hydrogen-bond donors (Lipinski definition) is 0. The number of likely N-dealkylation sites (N-methyl/N-ethyl adjacent to an activating group) is 1. The average molecular weight is 292 g/mol. The molecule has 1 aliphatic heterocycles. The highest BCUT2D eigenvalue weighted by Crippen LogP contribution is 2.40. The van der Waals surface area contributed by atoms with Crippen molar-refractivity contribution in [2.24, 2.45) is 0 Å². The van der Waals surface area contributed by atoms with Gasteiger partial charge in [0.25, 0.3) is 0 Å². The number of hydrogen-bond acceptors (Lipinski definition) is 2. The first-order valence-corrected chi connectivity index (χ1v) is 7.93. The molecule has 2 aromatic rings. The van der Waals surface area contributed by atoms with Gasteiger partial charge < -0.3 is 4.90 Å². The molecule has 2 heterocycles. The molecule has 0 amide bonds. The zero-order valence-electron chi connectivity index (χ0n) is 14.1. The Hall–Kier alpha value is -2.09. The second-order valence-corrected chi connectivity index (χ2v) is 6.66. The second kappa shape index (κ2) is 5.28. The van der Waals surface area contributed by atoms with Gasteiger partial charge in [0.2, 0.25) is 0 Å². The maximum atomic E-state index is 4.92. The van der Waals surface area contributed by atoms with Crippen LogP contribution in [-0.4, -0.2) is 12.0 Å². The summed E-state index contributed by atoms with van der Waals surface area (Å²) >= 11 is 0. The number of benzene rings is 1. The molecule has 114 valence electrons. The van der Waals surface area contributed by atoms with Crippen molar-refractivity contribution in [3.8, 4) is 0 Å². The van der Waals surface area contributed by atoms with Crippen molar-refractivity contribution in [1.29, 1.82) is 0 Å². The maximum absolute atomic E-state index is 4.92. The van der Waals surface area contributed by atoms with Crippen LogP contribution in [-0.2, 0) is 5.54 Å². The van der Waals surface area contributed by atoms with E-state index >= 15 is 0 Å². The van der Waals surface area contributed by atoms with Gasteiger partial charge in [0.05, 0.1) is 5.54 Å². The van der Waals surface area contributed by atoms with E-state index in [4.69, 9.17) is 4.98 Å². The van der Waals surface area contributed by atoms with E-state index in [0.717, 1.165) is 11.5 Å². The molecular formula is C20H24N2. The van der Waals surface area contributed by atoms with Crippen LogP contribution in [0, 0.1) is 6.92 Å². The fourth-order valence-electron chi connectivity index (χ4n) is 3.19. The maximum Gasteiger partial charge on any atom is 0.136 e. The summed E-state index contributed by atoms with van der Waals surface area (Å²) in [6, 6.07) is 12.9. The topological polar surface area (TPSA) is 16.1 Å². The van der Waals surface area contributed by atoms with Gasteiger partial charge in [-0.3, -0.25) is 0 Å². The Labute approximate surface area is 133 Å². The molecule has 0 bridgehead atoms. The molecule has 0 N–H and O–H groups in total. The van der Waals surface area contributed by atoms with Gasteiger partial charge in [0.1, 0.15) is 5.82 Å². The first kappa shape index (κ1) is 14.8. The Bertz CT molecular complexity index is 730. The molecule has 0 saturated heterocycles. The minimum Gasteiger partial charge on any atom is -0.346 e. The van der Waals surface area contributed by atoms with E-state index in [1.165, 1.54) is 16.7 Å². The van der Waals surface area contributed by atoms with Crippen molar-refractivity contribution in [3.05, 3.63) is 64.9 Å². The smallest absolute Gasteiger partial charge is 0.136 e. The summed E-state index contributed by atoms with van der Waals surface area (Å²) in [4.78, 5) is 7.22. The van der Waals surface area contributed by atoms with Gasteiger partial charge in [0.15, 0.2) is 0 Å². The summed E-state index contributed by atoms with van der Waals surface area (Å²) in [5.41, 5.74) is 4.81. The third-order valence-corrected chi connectivity index (χ3v) is 4.81. The van der Waals surface area contributed by atoms with Crippen LogP contribution in [0.4, 0.5) is 5.82 Å². The van der Waals surface area contributed by atoms with Crippen molar-refractivity contribution in [1.82, 2.24) is 4.98 Å². The van der Waals surface area contributed by atoms with Gasteiger partial charge in [-0.05, 0) is 43.0 Å². The van der Waals surface area contributed by atoms with Gasteiger partial charge in [0, 0.05) is 18.3 Å². The lowest BCUT2D eigenvalue weighted by Gasteiger charge is -2.42. The molecule has 0 radical (unpaired) electrons. The highest BCUT2D eigenvalue weighted by Gasteiger charge is 2.34. The van der Waals surface area contributed by atoms with Gasteiger partial charge in [-0.15, -0.1) is 0 Å². The normalized spacial score (nSPS) is 20.4. The van der Waals surface area contributed by atoms with E-state index in [2.05, 4.69) is 88.2 Å². The molecule has 3 rings (SSSR count). The average Bonchev–Trinajstić information content (AvgIpc) is 2.51. The Morgan fingerprint density at radius 3 is 2.50 bits per heavy atom. The Morgan fingerprint density at radius 2 is 1.82 bits per heavy atom. The number of pyridine rings is 1. The molecule has 22 heavy (non-hydrogen) atoms. The molecule has 1 aliphatic rings. The summed E-state index contributed by atoms with van der Waals surface area (Å²) in [5.74, 6) is 1.51. The zero-order valence-corrected chi connectivity index (χ0v) is 14.1. The SMILES string of the molecule is Cc1ccccc1C1(C)C=Cc2ccc(C(C)C)nc2N1C. The molecule has 0 aliphatic carbocycles. The predicted molar refractivity (Wildman–Crippen MR) is 94.3 cm³/mol. The van der Waals surface area contributed by atoms with E-state index < -0.39 is 0 Å². The highest BCUT2D eigenvalue weighted by molar-refractivity contribution is 5.72. The van der Waals surface area contributed by atoms with Gasteiger partial charge in [-0.25, -0.2) is 4.98 Å². The highest BCUT2D eigenvalue weighted by atomic mass is 15.2. The molecule has 0 spiro atoms. The molecule has 2 nitrogen and oxygen atoms in total. The van der Waals surface area contributed by atoms with Crippen LogP contribution in [0.1, 0.15) is 49.1 Å². The molecule has 0 fully saturated rings. The summed E-state index contributed by atoms with van der Waals surface area (Å²) in [6.07, 6.45) is 4.49. The monoisotopic (exact) mass is 292 g/mol. The van der Waals surface area contributed by atoms with Crippen LogP contribution in [0.15, 0.2) is 42.5 Å². The lowest BCUT2D eigenvalue weighted by molar-refractivity contribution is 0.566. The van der Waals surface area contributed by atoms with Crippen LogP contribution in [0.3, 0.4) is 0 Å². The largest absolute Gasteiger partial charge is 0.346 e. The number of aryl methyl sites for hydroxylation is 1. The van der Waals surface area contributed by atoms with Crippen LogP contribution in [0.5, 0.6) is 0 Å². The van der Waals surface area contributed by atoms with Crippen molar-refractivity contribution >= 4 is 11.9 Å². The van der Waals surface area contributed by atoms with E-state index in [1.807, 2.05) is 0 Å². The number of aromatic nitrogens is 1. The standard InChI is InChI=1S/C20H24N2/c1-14(2)18-11-10-16-12-13-20(4,22(5)19(16)21-18)17-9-7-6-8-15(17)3/h6-14H,1-5H3. The van der Waals surface area contributed by atoms with Crippen LogP contribution >= 0.6 is 0 Å². The number of fused-ring (bicyclic) bond motifs is 1. The quantitative estimate of drug-likeness (QED) is 0.783. The Kier molecular flexibility index (Phi) is 3.56. The van der Waals surface area contributed by atoms with Gasteiger partial charge in [-0.1, -0.05) is 50.3 Å². The molecule has 2 heteroatoms. The fraction of sp³-hybridized carbons (Fsp3) is 0.350. The van der Waals surface area contributed by atoms with Crippen LogP contribution in [0.25, 0.3) is 6.08 Å². The van der Waals surface area contributed by atoms with Gasteiger partial charge >= 0.3 is 0 Å². The fourth-order valence-corrected chi connectivity index (χ4v) is 3.19. The van der Waals surface area contributed by atoms with E-state index in [-0.39, 0.29) is 5.54 Å². The summed E-state index contributed by atoms with van der Waals surface area (Å²) < 4.78 is 0. The van der Waals surface area contributed by atoms with Crippen molar-refractivity contribution in [3.63, 3.8) is 0 Å². The summed E-state index contributed by atoms with van der Waals surface area (Å²) in [7, 11) is 2.14. The lowest BCUT2D eigenvalue weighted by atomic mass is 9.84. The minimum absolute atomic E-state index is 0.166. The predicted octanol–water partition coefficient (Wildman–Crippen LogP) is 4.89. The van der Waals surface area contributed by atoms with Crippen molar-refractivity contribution < 1.29 is 0 Å². The lowest BCUT2D eigenvalue weighted by Crippen LogP contribution is -2.42. The first-order chi connectivity index (χ1) is 10.4. The number of nitrogens with zero attached hydrogens (tertiary/aromatic N) is 2. The van der Waals surface area contributed by atoms with Crippen LogP contribution in [0.2, 0.25) is 0 Å². The molecule has 1 unspecified atom stereocenters. The molecule has 1 atom stereocenters. The first-order valence-electron chi connectivity index (χ1n) is 7.93. The number of anilines is 1. The third kappa shape index (κ3) is 2.23. The minimum atomic E-state index is -0.166. The molecule has 1 aromatic heterocycles. The summed E-state index contributed by atoms with van der Waals surface area (Å²) in [6.45, 7) is 8.82. The molecule has 0 saturated carbocycles. The second-order valence-electron chi connectivity index (χ2n) is 6.66. The van der Waals surface area contributed by atoms with E-state index in [1.54, 1.807) is 0 Å². The molecular weight excluding hydrogens is 268 g/mol. The van der Waals surface area contributed by atoms with Crippen molar-refractivity contribution in [2.75, 3.05) is 11.9 Å². The van der Waals surface area contributed by atoms with E-state index in [9.17, 15) is 0 Å². The van der Waals surface area contributed by atoms with E-state index in [0.29, 0.717) is 5.92 Å². The molecule has 1 aromatic carbocycles. The van der Waals surface area contributed by atoms with Gasteiger partial charge in [-0.2, -0.15) is 0 Å². The zero-order chi connectivity index (χ0) is 15.9. The Balaban J connectivity index is 2.13. The number of rotatable bonds is 2. The Morgan fingerprint density at radius 1 is 1.09 bits per heavy atom. The van der Waals surface area contributed by atoms with Crippen LogP contribution < -0.4 is 4.90 Å². The van der Waals surface area contributed by atoms with Crippen molar-refractivity contribution in [2.45, 2.75) is 39.2 Å².